The lowest BCUT2D eigenvalue weighted by molar-refractivity contribution is 0.189. The number of likely N-dealkylation sites (tertiary alicyclic amines) is 1. The van der Waals surface area contributed by atoms with Crippen LogP contribution in [-0.4, -0.2) is 60.3 Å². The van der Waals surface area contributed by atoms with Gasteiger partial charge < -0.3 is 24.3 Å². The van der Waals surface area contributed by atoms with Gasteiger partial charge in [0.15, 0.2) is 5.96 Å². The average Bonchev–Trinajstić information content (AvgIpc) is 3.28. The van der Waals surface area contributed by atoms with E-state index >= 15 is 0 Å². The molecular formula is C22H34IN5O2. The van der Waals surface area contributed by atoms with Crippen molar-refractivity contribution in [1.82, 2.24) is 19.8 Å². The molecule has 1 saturated heterocycles. The zero-order chi connectivity index (χ0) is 20.5. The molecule has 0 radical (unpaired) electrons. The maximum absolute atomic E-state index is 5.82. The largest absolute Gasteiger partial charge is 0.497 e. The highest BCUT2D eigenvalue weighted by Gasteiger charge is 2.28. The van der Waals surface area contributed by atoms with Crippen molar-refractivity contribution in [2.75, 3.05) is 39.9 Å². The van der Waals surface area contributed by atoms with Crippen molar-refractivity contribution >= 4 is 29.9 Å². The Labute approximate surface area is 196 Å². The first-order valence-electron chi connectivity index (χ1n) is 10.5. The SMILES string of the molecule is CCNC(=NCCCOc1cccc(OC)c1)N1CCC(C)C(n2ccnc2)C1.I. The summed E-state index contributed by atoms with van der Waals surface area (Å²) in [5.41, 5.74) is 0. The van der Waals surface area contributed by atoms with Crippen LogP contribution in [-0.2, 0) is 0 Å². The molecule has 2 atom stereocenters. The smallest absolute Gasteiger partial charge is 0.193 e. The summed E-state index contributed by atoms with van der Waals surface area (Å²) in [7, 11) is 1.66. The zero-order valence-corrected chi connectivity index (χ0v) is 20.5. The molecule has 3 rings (SSSR count). The van der Waals surface area contributed by atoms with E-state index in [1.54, 1.807) is 7.11 Å². The van der Waals surface area contributed by atoms with E-state index in [4.69, 9.17) is 14.5 Å². The summed E-state index contributed by atoms with van der Waals surface area (Å²) < 4.78 is 13.3. The third kappa shape index (κ3) is 6.78. The first kappa shape index (κ1) is 24.3. The lowest BCUT2D eigenvalue weighted by atomic mass is 9.93. The summed E-state index contributed by atoms with van der Waals surface area (Å²) in [6.45, 7) is 8.63. The first-order chi connectivity index (χ1) is 14.2. The number of methoxy groups -OCH3 is 1. The predicted molar refractivity (Wildman–Crippen MR) is 131 cm³/mol. The number of piperidine rings is 1. The molecule has 166 valence electrons. The van der Waals surface area contributed by atoms with Crippen molar-refractivity contribution in [3.63, 3.8) is 0 Å². The van der Waals surface area contributed by atoms with Crippen molar-refractivity contribution < 1.29 is 9.47 Å². The zero-order valence-electron chi connectivity index (χ0n) is 18.2. The molecule has 0 saturated carbocycles. The summed E-state index contributed by atoms with van der Waals surface area (Å²) in [4.78, 5) is 11.4. The van der Waals surface area contributed by atoms with Crippen molar-refractivity contribution in [2.24, 2.45) is 10.9 Å². The van der Waals surface area contributed by atoms with Gasteiger partial charge in [-0.05, 0) is 31.4 Å². The van der Waals surface area contributed by atoms with Crippen LogP contribution in [0.2, 0.25) is 0 Å². The Morgan fingerprint density at radius 3 is 2.90 bits per heavy atom. The fourth-order valence-corrected chi connectivity index (χ4v) is 3.65. The number of halogens is 1. The van der Waals surface area contributed by atoms with E-state index in [1.165, 1.54) is 0 Å². The van der Waals surface area contributed by atoms with Gasteiger partial charge in [-0.15, -0.1) is 24.0 Å². The van der Waals surface area contributed by atoms with Crippen LogP contribution in [0.3, 0.4) is 0 Å². The third-order valence-electron chi connectivity index (χ3n) is 5.33. The minimum absolute atomic E-state index is 0. The van der Waals surface area contributed by atoms with Crippen LogP contribution in [0.25, 0.3) is 0 Å². The molecule has 1 N–H and O–H groups in total. The Balaban J connectivity index is 0.00000320. The van der Waals surface area contributed by atoms with Gasteiger partial charge in [0.2, 0.25) is 0 Å². The highest BCUT2D eigenvalue weighted by Crippen LogP contribution is 2.27. The van der Waals surface area contributed by atoms with Crippen LogP contribution in [0.5, 0.6) is 11.5 Å². The van der Waals surface area contributed by atoms with Crippen LogP contribution >= 0.6 is 24.0 Å². The minimum Gasteiger partial charge on any atom is -0.497 e. The topological polar surface area (TPSA) is 63.9 Å². The summed E-state index contributed by atoms with van der Waals surface area (Å²) >= 11 is 0. The maximum atomic E-state index is 5.82. The number of hydrogen-bond donors (Lipinski definition) is 1. The van der Waals surface area contributed by atoms with Crippen molar-refractivity contribution in [3.05, 3.63) is 43.0 Å². The molecule has 2 heterocycles. The molecule has 1 fully saturated rings. The maximum Gasteiger partial charge on any atom is 0.193 e. The van der Waals surface area contributed by atoms with Crippen LogP contribution in [0, 0.1) is 5.92 Å². The lowest BCUT2D eigenvalue weighted by Gasteiger charge is -2.39. The number of nitrogens with one attached hydrogen (secondary N) is 1. The highest BCUT2D eigenvalue weighted by atomic mass is 127. The second-order valence-corrected chi connectivity index (χ2v) is 7.41. The minimum atomic E-state index is 0. The molecule has 2 unspecified atom stereocenters. The van der Waals surface area contributed by atoms with Gasteiger partial charge in [-0.1, -0.05) is 13.0 Å². The molecule has 0 bridgehead atoms. The number of ether oxygens (including phenoxy) is 2. The van der Waals surface area contributed by atoms with Gasteiger partial charge in [-0.3, -0.25) is 4.99 Å². The molecule has 1 aromatic heterocycles. The van der Waals surface area contributed by atoms with E-state index in [2.05, 4.69) is 39.8 Å². The van der Waals surface area contributed by atoms with Crippen LogP contribution in [0.4, 0.5) is 0 Å². The molecule has 8 heteroatoms. The first-order valence-corrected chi connectivity index (χ1v) is 10.5. The van der Waals surface area contributed by atoms with Gasteiger partial charge >= 0.3 is 0 Å². The van der Waals surface area contributed by atoms with Gasteiger partial charge in [-0.25, -0.2) is 4.98 Å². The van der Waals surface area contributed by atoms with Crippen molar-refractivity contribution in [3.8, 4) is 11.5 Å². The van der Waals surface area contributed by atoms with Crippen LogP contribution < -0.4 is 14.8 Å². The normalized spacial score (nSPS) is 19.2. The van der Waals surface area contributed by atoms with Gasteiger partial charge in [0.1, 0.15) is 11.5 Å². The van der Waals surface area contributed by atoms with Gasteiger partial charge in [0, 0.05) is 51.1 Å². The average molecular weight is 527 g/mol. The van der Waals surface area contributed by atoms with Crippen LogP contribution in [0.15, 0.2) is 48.0 Å². The quantitative estimate of drug-likeness (QED) is 0.245. The Kier molecular flexibility index (Phi) is 10.3. The Hall–Kier alpha value is -1.97. The molecule has 30 heavy (non-hydrogen) atoms. The molecule has 2 aromatic rings. The molecule has 7 nitrogen and oxygen atoms in total. The lowest BCUT2D eigenvalue weighted by Crippen LogP contribution is -2.49. The molecular weight excluding hydrogens is 493 g/mol. The van der Waals surface area contributed by atoms with Gasteiger partial charge in [-0.2, -0.15) is 0 Å². The number of rotatable bonds is 8. The van der Waals surface area contributed by atoms with E-state index in [0.717, 1.165) is 56.5 Å². The second kappa shape index (κ2) is 12.7. The number of hydrogen-bond acceptors (Lipinski definition) is 4. The molecule has 0 spiro atoms. The number of aliphatic imine (C=N–C) groups is 1. The van der Waals surface area contributed by atoms with Crippen molar-refractivity contribution in [2.45, 2.75) is 32.7 Å². The Bertz CT molecular complexity index is 769. The fraction of sp³-hybridized carbons (Fsp3) is 0.545. The van der Waals surface area contributed by atoms with E-state index in [1.807, 2.05) is 36.8 Å². The van der Waals surface area contributed by atoms with E-state index in [-0.39, 0.29) is 24.0 Å². The van der Waals surface area contributed by atoms with E-state index < -0.39 is 0 Å². The summed E-state index contributed by atoms with van der Waals surface area (Å²) in [6.07, 6.45) is 7.84. The number of guanidine groups is 1. The number of nitrogens with zero attached hydrogens (tertiary/aromatic N) is 4. The summed E-state index contributed by atoms with van der Waals surface area (Å²) in [5.74, 6) is 3.25. The monoisotopic (exact) mass is 527 g/mol. The standard InChI is InChI=1S/C22H33N5O2.HI/c1-4-24-22(25-10-6-14-29-20-8-5-7-19(15-20)28-3)26-12-9-18(2)21(16-26)27-13-11-23-17-27;/h5,7-8,11,13,15,17-18,21H,4,6,9-10,12,14,16H2,1-3H3,(H,24,25);1H. The highest BCUT2D eigenvalue weighted by molar-refractivity contribution is 14.0. The molecule has 0 aliphatic carbocycles. The summed E-state index contributed by atoms with van der Waals surface area (Å²) in [6, 6.07) is 8.12. The number of benzene rings is 1. The molecule has 0 amide bonds. The molecule has 1 aliphatic heterocycles. The second-order valence-electron chi connectivity index (χ2n) is 7.41. The fourth-order valence-electron chi connectivity index (χ4n) is 3.65. The van der Waals surface area contributed by atoms with Crippen molar-refractivity contribution in [1.29, 1.82) is 0 Å². The molecule has 1 aromatic carbocycles. The summed E-state index contributed by atoms with van der Waals surface area (Å²) in [5, 5.41) is 3.45. The van der Waals surface area contributed by atoms with E-state index in [0.29, 0.717) is 18.6 Å². The number of aromatic nitrogens is 2. The van der Waals surface area contributed by atoms with E-state index in [9.17, 15) is 0 Å². The Morgan fingerprint density at radius 1 is 1.33 bits per heavy atom. The van der Waals surface area contributed by atoms with Gasteiger partial charge in [0.05, 0.1) is 26.1 Å². The molecule has 1 aliphatic rings. The third-order valence-corrected chi connectivity index (χ3v) is 5.33. The van der Waals surface area contributed by atoms with Crippen LogP contribution in [0.1, 0.15) is 32.7 Å². The predicted octanol–water partition coefficient (Wildman–Crippen LogP) is 3.83. The Morgan fingerprint density at radius 2 is 2.17 bits per heavy atom. The number of imidazole rings is 1. The van der Waals surface area contributed by atoms with Gasteiger partial charge in [0.25, 0.3) is 0 Å².